The van der Waals surface area contributed by atoms with Crippen molar-refractivity contribution in [3.63, 3.8) is 0 Å². The van der Waals surface area contributed by atoms with E-state index in [1.165, 1.54) is 17.5 Å². The van der Waals surface area contributed by atoms with E-state index in [0.717, 1.165) is 12.8 Å². The van der Waals surface area contributed by atoms with Crippen molar-refractivity contribution in [1.29, 1.82) is 0 Å². The van der Waals surface area contributed by atoms with Crippen LogP contribution in [0, 0.1) is 5.92 Å². The van der Waals surface area contributed by atoms with Gasteiger partial charge in [-0.1, -0.05) is 57.9 Å². The van der Waals surface area contributed by atoms with Crippen LogP contribution in [-0.2, 0) is 6.42 Å². The minimum Gasteiger partial charge on any atom is -0.271 e. The van der Waals surface area contributed by atoms with Gasteiger partial charge in [-0.2, -0.15) is 0 Å². The molecule has 0 saturated carbocycles. The predicted octanol–water partition coefficient (Wildman–Crippen LogP) is 3.19. The van der Waals surface area contributed by atoms with Gasteiger partial charge in [0, 0.05) is 6.04 Å². The molecule has 0 aromatic heterocycles. The van der Waals surface area contributed by atoms with Gasteiger partial charge in [-0.25, -0.2) is 0 Å². The van der Waals surface area contributed by atoms with E-state index in [1.807, 2.05) is 0 Å². The molecule has 1 rings (SSSR count). The molecule has 0 heterocycles. The van der Waals surface area contributed by atoms with Gasteiger partial charge in [-0.15, -0.1) is 0 Å². The quantitative estimate of drug-likeness (QED) is 0.571. The summed E-state index contributed by atoms with van der Waals surface area (Å²) in [6, 6.07) is 9.03. The Morgan fingerprint density at radius 1 is 1.31 bits per heavy atom. The van der Waals surface area contributed by atoms with Gasteiger partial charge in [0.15, 0.2) is 0 Å². The van der Waals surface area contributed by atoms with E-state index in [2.05, 4.69) is 50.5 Å². The van der Waals surface area contributed by atoms with Crippen LogP contribution in [0.2, 0.25) is 0 Å². The van der Waals surface area contributed by atoms with E-state index in [1.54, 1.807) is 0 Å². The third-order valence-electron chi connectivity index (χ3n) is 3.24. The van der Waals surface area contributed by atoms with Gasteiger partial charge in [0.05, 0.1) is 0 Å². The van der Waals surface area contributed by atoms with Crippen molar-refractivity contribution in [2.75, 3.05) is 0 Å². The fraction of sp³-hybridized carbons (Fsp3) is 0.571. The Morgan fingerprint density at radius 3 is 2.62 bits per heavy atom. The second-order valence-electron chi connectivity index (χ2n) is 4.52. The molecule has 0 fully saturated rings. The van der Waals surface area contributed by atoms with Gasteiger partial charge in [0.25, 0.3) is 0 Å². The minimum absolute atomic E-state index is 0.266. The van der Waals surface area contributed by atoms with Crippen molar-refractivity contribution in [1.82, 2.24) is 5.43 Å². The zero-order chi connectivity index (χ0) is 12.0. The van der Waals surface area contributed by atoms with Crippen LogP contribution < -0.4 is 11.3 Å². The monoisotopic (exact) mass is 220 g/mol. The highest BCUT2D eigenvalue weighted by Crippen LogP contribution is 2.24. The maximum Gasteiger partial charge on any atom is 0.0485 e. The highest BCUT2D eigenvalue weighted by Gasteiger charge is 2.16. The predicted molar refractivity (Wildman–Crippen MR) is 70.0 cm³/mol. The first-order valence-corrected chi connectivity index (χ1v) is 6.27. The topological polar surface area (TPSA) is 38.0 Å². The SMILES string of the molecule is CCCc1cccc(C(NN)C(C)CC)c1. The molecule has 1 aromatic carbocycles. The fourth-order valence-corrected chi connectivity index (χ4v) is 2.06. The Morgan fingerprint density at radius 2 is 2.06 bits per heavy atom. The summed E-state index contributed by atoms with van der Waals surface area (Å²) in [6.07, 6.45) is 3.46. The molecule has 90 valence electrons. The summed E-state index contributed by atoms with van der Waals surface area (Å²) in [6.45, 7) is 6.64. The van der Waals surface area contributed by atoms with Crippen LogP contribution >= 0.6 is 0 Å². The van der Waals surface area contributed by atoms with Crippen molar-refractivity contribution < 1.29 is 0 Å². The van der Waals surface area contributed by atoms with E-state index < -0.39 is 0 Å². The average Bonchev–Trinajstić information content (AvgIpc) is 2.31. The Hall–Kier alpha value is -0.860. The molecule has 2 nitrogen and oxygen atoms in total. The van der Waals surface area contributed by atoms with Crippen LogP contribution in [0.5, 0.6) is 0 Å². The summed E-state index contributed by atoms with van der Waals surface area (Å²) in [5.41, 5.74) is 5.65. The smallest absolute Gasteiger partial charge is 0.0485 e. The summed E-state index contributed by atoms with van der Waals surface area (Å²) in [5.74, 6) is 6.21. The maximum absolute atomic E-state index is 5.66. The normalized spacial score (nSPS) is 14.8. The molecule has 2 unspecified atom stereocenters. The van der Waals surface area contributed by atoms with E-state index in [9.17, 15) is 0 Å². The summed E-state index contributed by atoms with van der Waals surface area (Å²) in [5, 5.41) is 0. The first kappa shape index (κ1) is 13.2. The van der Waals surface area contributed by atoms with Crippen molar-refractivity contribution in [2.24, 2.45) is 11.8 Å². The molecule has 3 N–H and O–H groups in total. The van der Waals surface area contributed by atoms with Crippen LogP contribution in [0.1, 0.15) is 50.8 Å². The third kappa shape index (κ3) is 3.32. The zero-order valence-corrected chi connectivity index (χ0v) is 10.7. The van der Waals surface area contributed by atoms with Crippen LogP contribution in [-0.4, -0.2) is 0 Å². The molecule has 0 aliphatic heterocycles. The number of hydrazine groups is 1. The van der Waals surface area contributed by atoms with E-state index in [-0.39, 0.29) is 6.04 Å². The van der Waals surface area contributed by atoms with Crippen molar-refractivity contribution in [2.45, 2.75) is 46.1 Å². The van der Waals surface area contributed by atoms with Gasteiger partial charge in [0.2, 0.25) is 0 Å². The Labute approximate surface area is 99.2 Å². The minimum atomic E-state index is 0.266. The standard InChI is InChI=1S/C14H24N2/c1-4-7-12-8-6-9-13(10-12)14(16-15)11(3)5-2/h6,8-11,14,16H,4-5,7,15H2,1-3H3. The molecule has 0 amide bonds. The molecule has 2 atom stereocenters. The second-order valence-corrected chi connectivity index (χ2v) is 4.52. The van der Waals surface area contributed by atoms with E-state index >= 15 is 0 Å². The van der Waals surface area contributed by atoms with E-state index in [4.69, 9.17) is 5.84 Å². The highest BCUT2D eigenvalue weighted by molar-refractivity contribution is 5.26. The highest BCUT2D eigenvalue weighted by atomic mass is 15.2. The van der Waals surface area contributed by atoms with Crippen LogP contribution in [0.15, 0.2) is 24.3 Å². The summed E-state index contributed by atoms with van der Waals surface area (Å²) in [4.78, 5) is 0. The van der Waals surface area contributed by atoms with Crippen LogP contribution in [0.3, 0.4) is 0 Å². The summed E-state index contributed by atoms with van der Waals surface area (Å²) >= 11 is 0. The number of hydrogen-bond donors (Lipinski definition) is 2. The first-order chi connectivity index (χ1) is 7.72. The van der Waals surface area contributed by atoms with E-state index in [0.29, 0.717) is 5.92 Å². The van der Waals surface area contributed by atoms with Gasteiger partial charge in [-0.05, 0) is 23.5 Å². The second kappa shape index (κ2) is 6.66. The lowest BCUT2D eigenvalue weighted by Gasteiger charge is -2.23. The molecule has 0 spiro atoms. The molecule has 0 radical (unpaired) electrons. The number of rotatable bonds is 6. The number of benzene rings is 1. The molecule has 0 aliphatic rings. The molecule has 0 bridgehead atoms. The molecule has 2 heteroatoms. The number of nitrogens with two attached hydrogens (primary N) is 1. The number of aryl methyl sites for hydroxylation is 1. The third-order valence-corrected chi connectivity index (χ3v) is 3.24. The summed E-state index contributed by atoms with van der Waals surface area (Å²) < 4.78 is 0. The lowest BCUT2D eigenvalue weighted by atomic mass is 9.91. The Kier molecular flexibility index (Phi) is 5.50. The van der Waals surface area contributed by atoms with Gasteiger partial charge in [0.1, 0.15) is 0 Å². The molecule has 16 heavy (non-hydrogen) atoms. The average molecular weight is 220 g/mol. The van der Waals surface area contributed by atoms with Gasteiger partial charge in [-0.3, -0.25) is 11.3 Å². The molecule has 0 aliphatic carbocycles. The Balaban J connectivity index is 2.87. The first-order valence-electron chi connectivity index (χ1n) is 6.27. The molecule has 1 aromatic rings. The number of hydrogen-bond acceptors (Lipinski definition) is 2. The lowest BCUT2D eigenvalue weighted by molar-refractivity contribution is 0.383. The molecular weight excluding hydrogens is 196 g/mol. The van der Waals surface area contributed by atoms with Crippen molar-refractivity contribution in [3.8, 4) is 0 Å². The fourth-order valence-electron chi connectivity index (χ4n) is 2.06. The zero-order valence-electron chi connectivity index (χ0n) is 10.7. The number of nitrogens with one attached hydrogen (secondary N) is 1. The Bertz CT molecular complexity index is 309. The molecule has 0 saturated heterocycles. The van der Waals surface area contributed by atoms with Crippen LogP contribution in [0.25, 0.3) is 0 Å². The maximum atomic E-state index is 5.66. The van der Waals surface area contributed by atoms with Crippen LogP contribution in [0.4, 0.5) is 0 Å². The largest absolute Gasteiger partial charge is 0.271 e. The van der Waals surface area contributed by atoms with Crippen molar-refractivity contribution >= 4 is 0 Å². The molecular formula is C14H24N2. The van der Waals surface area contributed by atoms with Gasteiger partial charge >= 0.3 is 0 Å². The summed E-state index contributed by atoms with van der Waals surface area (Å²) in [7, 11) is 0. The van der Waals surface area contributed by atoms with Crippen molar-refractivity contribution in [3.05, 3.63) is 35.4 Å². The lowest BCUT2D eigenvalue weighted by Crippen LogP contribution is -2.32. The van der Waals surface area contributed by atoms with Gasteiger partial charge < -0.3 is 0 Å².